The predicted molar refractivity (Wildman–Crippen MR) is 96.4 cm³/mol. The number of alkyl halides is 3. The van der Waals surface area contributed by atoms with Crippen molar-refractivity contribution < 1.29 is 22.6 Å². The molecule has 1 fully saturated rings. The molecule has 2 rings (SSSR count). The van der Waals surface area contributed by atoms with Crippen LogP contribution >= 0.6 is 0 Å². The Morgan fingerprint density at radius 2 is 2.04 bits per heavy atom. The van der Waals surface area contributed by atoms with Crippen molar-refractivity contribution in [1.82, 2.24) is 4.90 Å². The molecular weight excluding hydrogens is 343 g/mol. The Labute approximate surface area is 154 Å². The number of halogens is 3. The number of hydrogen-bond acceptors (Lipinski definition) is 3. The molecule has 1 aromatic carbocycles. The van der Waals surface area contributed by atoms with E-state index in [0.29, 0.717) is 12.5 Å². The highest BCUT2D eigenvalue weighted by atomic mass is 19.4. The Morgan fingerprint density at radius 1 is 1.23 bits per heavy atom. The van der Waals surface area contributed by atoms with Gasteiger partial charge < -0.3 is 14.4 Å². The van der Waals surface area contributed by atoms with Crippen molar-refractivity contribution in [2.24, 2.45) is 5.92 Å². The minimum atomic E-state index is -4.34. The lowest BCUT2D eigenvalue weighted by Crippen LogP contribution is -2.45. The maximum Gasteiger partial charge on any atom is 0.416 e. The molecule has 0 spiro atoms. The predicted octanol–water partition coefficient (Wildman–Crippen LogP) is 5.00. The summed E-state index contributed by atoms with van der Waals surface area (Å²) in [7, 11) is 1.74. The highest BCUT2D eigenvalue weighted by Gasteiger charge is 2.31. The molecule has 2 atom stereocenters. The van der Waals surface area contributed by atoms with Gasteiger partial charge in [-0.3, -0.25) is 0 Å². The smallest absolute Gasteiger partial charge is 0.416 e. The average Bonchev–Trinajstić information content (AvgIpc) is 2.62. The molecule has 0 aliphatic carbocycles. The molecule has 1 aliphatic heterocycles. The van der Waals surface area contributed by atoms with E-state index in [0.717, 1.165) is 44.6 Å². The molecular formula is C20H30F3NO2. The summed E-state index contributed by atoms with van der Waals surface area (Å²) in [5.41, 5.74) is -0.676. The summed E-state index contributed by atoms with van der Waals surface area (Å²) in [5.74, 6) is 0.652. The van der Waals surface area contributed by atoms with E-state index >= 15 is 0 Å². The SMILES string of the molecule is CCCCCN1CC[C@@H](CCOc2cccc(C(F)(F)F)c2)[C@@H](OC)C1. The van der Waals surface area contributed by atoms with E-state index in [2.05, 4.69) is 11.8 Å². The fourth-order valence-electron chi connectivity index (χ4n) is 3.51. The molecule has 0 aromatic heterocycles. The number of rotatable bonds is 9. The second kappa shape index (κ2) is 10.2. The molecule has 0 N–H and O–H groups in total. The van der Waals surface area contributed by atoms with Gasteiger partial charge in [-0.25, -0.2) is 0 Å². The lowest BCUT2D eigenvalue weighted by atomic mass is 9.90. The molecule has 1 saturated heterocycles. The minimum absolute atomic E-state index is 0.162. The molecule has 0 amide bonds. The van der Waals surface area contributed by atoms with Gasteiger partial charge in [0.05, 0.1) is 18.3 Å². The normalized spacial score (nSPS) is 21.7. The first-order valence-electron chi connectivity index (χ1n) is 9.49. The zero-order valence-corrected chi connectivity index (χ0v) is 15.7. The largest absolute Gasteiger partial charge is 0.494 e. The van der Waals surface area contributed by atoms with E-state index in [4.69, 9.17) is 9.47 Å². The van der Waals surface area contributed by atoms with E-state index in [9.17, 15) is 13.2 Å². The molecule has 26 heavy (non-hydrogen) atoms. The van der Waals surface area contributed by atoms with Crippen molar-refractivity contribution in [3.63, 3.8) is 0 Å². The van der Waals surface area contributed by atoms with E-state index < -0.39 is 11.7 Å². The summed E-state index contributed by atoms with van der Waals surface area (Å²) in [5, 5.41) is 0. The average molecular weight is 373 g/mol. The fraction of sp³-hybridized carbons (Fsp3) is 0.700. The number of benzene rings is 1. The zero-order chi connectivity index (χ0) is 19.0. The van der Waals surface area contributed by atoms with Crippen molar-refractivity contribution in [1.29, 1.82) is 0 Å². The summed E-state index contributed by atoms with van der Waals surface area (Å²) in [6.45, 7) is 5.70. The van der Waals surface area contributed by atoms with Crippen LogP contribution < -0.4 is 4.74 Å². The number of ether oxygens (including phenoxy) is 2. The van der Waals surface area contributed by atoms with Crippen LogP contribution in [-0.2, 0) is 10.9 Å². The molecule has 3 nitrogen and oxygen atoms in total. The summed E-state index contributed by atoms with van der Waals surface area (Å²) < 4.78 is 49.5. The number of unbranched alkanes of at least 4 members (excludes halogenated alkanes) is 2. The molecule has 1 aliphatic rings. The summed E-state index contributed by atoms with van der Waals surface area (Å²) in [6, 6.07) is 5.07. The third-order valence-corrected chi connectivity index (χ3v) is 5.08. The molecule has 6 heteroatoms. The highest BCUT2D eigenvalue weighted by Crippen LogP contribution is 2.31. The van der Waals surface area contributed by atoms with Gasteiger partial charge in [-0.2, -0.15) is 13.2 Å². The van der Waals surface area contributed by atoms with E-state index in [1.54, 1.807) is 13.2 Å². The van der Waals surface area contributed by atoms with E-state index in [-0.39, 0.29) is 11.9 Å². The molecule has 0 unspecified atom stereocenters. The van der Waals surface area contributed by atoms with Gasteiger partial charge in [0.15, 0.2) is 0 Å². The van der Waals surface area contributed by atoms with Gasteiger partial charge in [-0.1, -0.05) is 25.8 Å². The third kappa shape index (κ3) is 6.47. The van der Waals surface area contributed by atoms with E-state index in [1.807, 2.05) is 0 Å². The van der Waals surface area contributed by atoms with Crippen LogP contribution in [0.25, 0.3) is 0 Å². The third-order valence-electron chi connectivity index (χ3n) is 5.08. The van der Waals surface area contributed by atoms with Crippen LogP contribution in [0.3, 0.4) is 0 Å². The van der Waals surface area contributed by atoms with Gasteiger partial charge >= 0.3 is 6.18 Å². The van der Waals surface area contributed by atoms with Gasteiger partial charge in [0, 0.05) is 13.7 Å². The maximum atomic E-state index is 12.7. The summed E-state index contributed by atoms with van der Waals surface area (Å²) in [4.78, 5) is 2.45. The van der Waals surface area contributed by atoms with Gasteiger partial charge in [0.1, 0.15) is 5.75 Å². The van der Waals surface area contributed by atoms with E-state index in [1.165, 1.54) is 25.3 Å². The fourth-order valence-corrected chi connectivity index (χ4v) is 3.51. The summed E-state index contributed by atoms with van der Waals surface area (Å²) >= 11 is 0. The standard InChI is InChI=1S/C20H30F3NO2/c1-3-4-5-11-24-12-9-16(19(15-24)25-2)10-13-26-18-8-6-7-17(14-18)20(21,22)23/h6-8,14,16,19H,3-5,9-13,15H2,1-2H3/t16-,19-/m0/s1. The van der Waals surface area contributed by atoms with Gasteiger partial charge in [0.2, 0.25) is 0 Å². The van der Waals surface area contributed by atoms with Gasteiger partial charge in [-0.05, 0) is 56.5 Å². The van der Waals surface area contributed by atoms with Crippen LogP contribution in [-0.4, -0.2) is 44.4 Å². The lowest BCUT2D eigenvalue weighted by Gasteiger charge is -2.37. The molecule has 0 saturated carbocycles. The van der Waals surface area contributed by atoms with Crippen molar-refractivity contribution in [2.75, 3.05) is 33.4 Å². The maximum absolute atomic E-state index is 12.7. The van der Waals surface area contributed by atoms with Crippen LogP contribution in [0.1, 0.15) is 44.6 Å². The number of methoxy groups -OCH3 is 1. The van der Waals surface area contributed by atoms with Gasteiger partial charge in [0.25, 0.3) is 0 Å². The van der Waals surface area contributed by atoms with Crippen LogP contribution in [0.5, 0.6) is 5.75 Å². The first-order chi connectivity index (χ1) is 12.4. The molecule has 1 aromatic rings. The Morgan fingerprint density at radius 3 is 2.73 bits per heavy atom. The number of nitrogens with zero attached hydrogens (tertiary/aromatic N) is 1. The van der Waals surface area contributed by atoms with Crippen molar-refractivity contribution in [2.45, 2.75) is 51.3 Å². The Kier molecular flexibility index (Phi) is 8.22. The molecule has 0 radical (unpaired) electrons. The first kappa shape index (κ1) is 21.0. The second-order valence-electron chi connectivity index (χ2n) is 6.99. The van der Waals surface area contributed by atoms with Crippen LogP contribution in [0.2, 0.25) is 0 Å². The van der Waals surface area contributed by atoms with Gasteiger partial charge in [-0.15, -0.1) is 0 Å². The van der Waals surface area contributed by atoms with Crippen molar-refractivity contribution in [3.8, 4) is 5.75 Å². The zero-order valence-electron chi connectivity index (χ0n) is 15.7. The minimum Gasteiger partial charge on any atom is -0.494 e. The Hall–Kier alpha value is -1.27. The Bertz CT molecular complexity index is 536. The second-order valence-corrected chi connectivity index (χ2v) is 6.99. The number of hydrogen-bond donors (Lipinski definition) is 0. The van der Waals surface area contributed by atoms with Crippen molar-refractivity contribution >= 4 is 0 Å². The van der Waals surface area contributed by atoms with Crippen molar-refractivity contribution in [3.05, 3.63) is 29.8 Å². The quantitative estimate of drug-likeness (QED) is 0.569. The summed E-state index contributed by atoms with van der Waals surface area (Å²) in [6.07, 6.45) is 1.34. The molecule has 1 heterocycles. The van der Waals surface area contributed by atoms with Crippen LogP contribution in [0.15, 0.2) is 24.3 Å². The first-order valence-corrected chi connectivity index (χ1v) is 9.49. The highest BCUT2D eigenvalue weighted by molar-refractivity contribution is 5.30. The topological polar surface area (TPSA) is 21.7 Å². The van der Waals surface area contributed by atoms with Crippen LogP contribution in [0.4, 0.5) is 13.2 Å². The number of likely N-dealkylation sites (tertiary alicyclic amines) is 1. The number of piperidine rings is 1. The molecule has 0 bridgehead atoms. The monoisotopic (exact) mass is 373 g/mol. The lowest BCUT2D eigenvalue weighted by molar-refractivity contribution is -0.137. The van der Waals surface area contributed by atoms with Crippen LogP contribution in [0, 0.1) is 5.92 Å². The Balaban J connectivity index is 1.78. The molecule has 148 valence electrons.